The normalized spacial score (nSPS) is 11.0. The summed E-state index contributed by atoms with van der Waals surface area (Å²) in [5.41, 5.74) is -0.0977. The van der Waals surface area contributed by atoms with Crippen LogP contribution in [0.15, 0.2) is 48.5 Å². The molecular weight excluding hydrogens is 271 g/mol. The lowest BCUT2D eigenvalue weighted by atomic mass is 10.1. The molecule has 21 heavy (non-hydrogen) atoms. The minimum Gasteiger partial charge on any atom is -0.476 e. The second-order valence-corrected chi connectivity index (χ2v) is 5.27. The SMILES string of the molecule is Cc1ccc(OC(=O)C(C)(C)Oc2ccc(F)cc2)cc1. The second kappa shape index (κ2) is 5.95. The van der Waals surface area contributed by atoms with Crippen molar-refractivity contribution >= 4 is 5.97 Å². The van der Waals surface area contributed by atoms with Gasteiger partial charge in [0, 0.05) is 0 Å². The van der Waals surface area contributed by atoms with Crippen LogP contribution in [0.2, 0.25) is 0 Å². The van der Waals surface area contributed by atoms with E-state index in [2.05, 4.69) is 0 Å². The molecule has 2 aromatic carbocycles. The fourth-order valence-corrected chi connectivity index (χ4v) is 1.68. The molecule has 0 amide bonds. The molecule has 0 radical (unpaired) electrons. The molecule has 0 unspecified atom stereocenters. The summed E-state index contributed by atoms with van der Waals surface area (Å²) < 4.78 is 23.7. The molecule has 110 valence electrons. The molecule has 0 N–H and O–H groups in total. The predicted molar refractivity (Wildman–Crippen MR) is 77.9 cm³/mol. The van der Waals surface area contributed by atoms with Crippen LogP contribution in [0.25, 0.3) is 0 Å². The minimum atomic E-state index is -1.18. The van der Waals surface area contributed by atoms with Gasteiger partial charge in [0.15, 0.2) is 0 Å². The highest BCUT2D eigenvalue weighted by molar-refractivity contribution is 5.81. The third kappa shape index (κ3) is 4.05. The van der Waals surface area contributed by atoms with E-state index in [1.807, 2.05) is 19.1 Å². The number of aryl methyl sites for hydroxylation is 1. The second-order valence-electron chi connectivity index (χ2n) is 5.27. The van der Waals surface area contributed by atoms with Crippen molar-refractivity contribution in [2.24, 2.45) is 0 Å². The fraction of sp³-hybridized carbons (Fsp3) is 0.235. The van der Waals surface area contributed by atoms with Gasteiger partial charge in [0.05, 0.1) is 0 Å². The van der Waals surface area contributed by atoms with Gasteiger partial charge in [-0.25, -0.2) is 9.18 Å². The van der Waals surface area contributed by atoms with Gasteiger partial charge >= 0.3 is 5.97 Å². The summed E-state index contributed by atoms with van der Waals surface area (Å²) in [5, 5.41) is 0. The Balaban J connectivity index is 2.05. The topological polar surface area (TPSA) is 35.5 Å². The van der Waals surface area contributed by atoms with Crippen LogP contribution in [0, 0.1) is 12.7 Å². The molecule has 2 aromatic rings. The molecule has 0 saturated carbocycles. The van der Waals surface area contributed by atoms with Crippen molar-refractivity contribution in [1.82, 2.24) is 0 Å². The van der Waals surface area contributed by atoms with E-state index in [0.29, 0.717) is 11.5 Å². The van der Waals surface area contributed by atoms with Crippen LogP contribution in [0.5, 0.6) is 11.5 Å². The lowest BCUT2D eigenvalue weighted by molar-refractivity contribution is -0.149. The molecule has 0 aliphatic heterocycles. The van der Waals surface area contributed by atoms with E-state index in [4.69, 9.17) is 9.47 Å². The Hall–Kier alpha value is -2.36. The number of halogens is 1. The van der Waals surface area contributed by atoms with E-state index in [9.17, 15) is 9.18 Å². The molecule has 0 aromatic heterocycles. The van der Waals surface area contributed by atoms with E-state index < -0.39 is 11.6 Å². The van der Waals surface area contributed by atoms with Crippen molar-refractivity contribution in [3.63, 3.8) is 0 Å². The fourth-order valence-electron chi connectivity index (χ4n) is 1.68. The van der Waals surface area contributed by atoms with Crippen molar-refractivity contribution < 1.29 is 18.7 Å². The van der Waals surface area contributed by atoms with Crippen LogP contribution < -0.4 is 9.47 Å². The van der Waals surface area contributed by atoms with Gasteiger partial charge in [-0.2, -0.15) is 0 Å². The molecule has 0 fully saturated rings. The minimum absolute atomic E-state index is 0.359. The summed E-state index contributed by atoms with van der Waals surface area (Å²) in [5.74, 6) is -0.0123. The summed E-state index contributed by atoms with van der Waals surface area (Å²) in [7, 11) is 0. The van der Waals surface area contributed by atoms with Gasteiger partial charge in [0.2, 0.25) is 5.60 Å². The third-order valence-electron chi connectivity index (χ3n) is 2.91. The zero-order chi connectivity index (χ0) is 15.5. The Morgan fingerprint density at radius 2 is 1.48 bits per heavy atom. The number of ether oxygens (including phenoxy) is 2. The number of carbonyl (C=O) groups excluding carboxylic acids is 1. The molecule has 0 atom stereocenters. The van der Waals surface area contributed by atoms with Crippen molar-refractivity contribution in [3.8, 4) is 11.5 Å². The maximum absolute atomic E-state index is 12.9. The van der Waals surface area contributed by atoms with Gasteiger partial charge < -0.3 is 9.47 Å². The monoisotopic (exact) mass is 288 g/mol. The Morgan fingerprint density at radius 1 is 0.952 bits per heavy atom. The number of carbonyl (C=O) groups is 1. The molecule has 0 heterocycles. The molecule has 0 aliphatic carbocycles. The van der Waals surface area contributed by atoms with Crippen LogP contribution in [-0.4, -0.2) is 11.6 Å². The first-order chi connectivity index (χ1) is 9.87. The summed E-state index contributed by atoms with van der Waals surface area (Å²) in [6.45, 7) is 5.16. The summed E-state index contributed by atoms with van der Waals surface area (Å²) in [6, 6.07) is 12.6. The third-order valence-corrected chi connectivity index (χ3v) is 2.91. The molecule has 2 rings (SSSR count). The Labute approximate surface area is 123 Å². The number of hydrogen-bond acceptors (Lipinski definition) is 3. The summed E-state index contributed by atoms with van der Waals surface area (Å²) >= 11 is 0. The highest BCUT2D eigenvalue weighted by atomic mass is 19.1. The lowest BCUT2D eigenvalue weighted by Gasteiger charge is -2.24. The Kier molecular flexibility index (Phi) is 4.26. The first-order valence-corrected chi connectivity index (χ1v) is 6.60. The highest BCUT2D eigenvalue weighted by Gasteiger charge is 2.32. The smallest absolute Gasteiger partial charge is 0.355 e. The number of benzene rings is 2. The molecular formula is C17H17FO3. The van der Waals surface area contributed by atoms with Crippen molar-refractivity contribution in [2.45, 2.75) is 26.4 Å². The number of hydrogen-bond donors (Lipinski definition) is 0. The summed E-state index contributed by atoms with van der Waals surface area (Å²) in [6.07, 6.45) is 0. The van der Waals surface area contributed by atoms with Crippen LogP contribution in [0.3, 0.4) is 0 Å². The van der Waals surface area contributed by atoms with E-state index in [1.165, 1.54) is 24.3 Å². The van der Waals surface area contributed by atoms with E-state index in [1.54, 1.807) is 26.0 Å². The Bertz CT molecular complexity index is 615. The number of esters is 1. The van der Waals surface area contributed by atoms with Gasteiger partial charge in [-0.05, 0) is 57.2 Å². The summed E-state index contributed by atoms with van der Waals surface area (Å²) in [4.78, 5) is 12.2. The average Bonchev–Trinajstić information content (AvgIpc) is 2.43. The predicted octanol–water partition coefficient (Wildman–Crippen LogP) is 3.90. The van der Waals surface area contributed by atoms with Crippen LogP contribution in [0.1, 0.15) is 19.4 Å². The van der Waals surface area contributed by atoms with Crippen molar-refractivity contribution in [1.29, 1.82) is 0 Å². The first-order valence-electron chi connectivity index (χ1n) is 6.60. The van der Waals surface area contributed by atoms with Crippen LogP contribution in [-0.2, 0) is 4.79 Å². The zero-order valence-corrected chi connectivity index (χ0v) is 12.2. The van der Waals surface area contributed by atoms with Gasteiger partial charge in [-0.1, -0.05) is 17.7 Å². The average molecular weight is 288 g/mol. The highest BCUT2D eigenvalue weighted by Crippen LogP contribution is 2.21. The Morgan fingerprint density at radius 3 is 2.05 bits per heavy atom. The van der Waals surface area contributed by atoms with Gasteiger partial charge in [0.25, 0.3) is 0 Å². The quantitative estimate of drug-likeness (QED) is 0.632. The molecule has 3 nitrogen and oxygen atoms in total. The molecule has 0 spiro atoms. The van der Waals surface area contributed by atoms with Gasteiger partial charge in [0.1, 0.15) is 17.3 Å². The molecule has 4 heteroatoms. The standard InChI is InChI=1S/C17H17FO3/c1-12-4-8-14(9-5-12)20-16(19)17(2,3)21-15-10-6-13(18)7-11-15/h4-11H,1-3H3. The molecule has 0 aliphatic rings. The van der Waals surface area contributed by atoms with Gasteiger partial charge in [-0.3, -0.25) is 0 Å². The van der Waals surface area contributed by atoms with Crippen molar-refractivity contribution in [2.75, 3.05) is 0 Å². The maximum Gasteiger partial charge on any atom is 0.355 e. The largest absolute Gasteiger partial charge is 0.476 e. The van der Waals surface area contributed by atoms with Crippen molar-refractivity contribution in [3.05, 3.63) is 59.9 Å². The van der Waals surface area contributed by atoms with Gasteiger partial charge in [-0.15, -0.1) is 0 Å². The van der Waals surface area contributed by atoms with E-state index >= 15 is 0 Å². The zero-order valence-electron chi connectivity index (χ0n) is 12.2. The molecule has 0 bridgehead atoms. The number of rotatable bonds is 4. The van der Waals surface area contributed by atoms with Crippen LogP contribution in [0.4, 0.5) is 4.39 Å². The van der Waals surface area contributed by atoms with E-state index in [-0.39, 0.29) is 5.82 Å². The maximum atomic E-state index is 12.9. The molecule has 0 saturated heterocycles. The first kappa shape index (κ1) is 15.0. The lowest BCUT2D eigenvalue weighted by Crippen LogP contribution is -2.41. The van der Waals surface area contributed by atoms with E-state index in [0.717, 1.165) is 5.56 Å². The van der Waals surface area contributed by atoms with Crippen LogP contribution >= 0.6 is 0 Å².